The number of nitrogen functional groups attached to an aromatic ring is 1. The van der Waals surface area contributed by atoms with E-state index >= 15 is 0 Å². The fourth-order valence-corrected chi connectivity index (χ4v) is 3.29. The quantitative estimate of drug-likeness (QED) is 0.724. The Bertz CT molecular complexity index is 703. The second-order valence-electron chi connectivity index (χ2n) is 4.67. The Morgan fingerprint density at radius 3 is 2.63 bits per heavy atom. The van der Waals surface area contributed by atoms with Crippen LogP contribution in [0.4, 0.5) is 11.4 Å². The SMILES string of the molecule is CN(Cc1csc2ccccc12)c1ccccc1N. The van der Waals surface area contributed by atoms with Crippen LogP contribution in [0.3, 0.4) is 0 Å². The van der Waals surface area contributed by atoms with Gasteiger partial charge in [-0.1, -0.05) is 30.3 Å². The minimum atomic E-state index is 0.824. The molecule has 0 saturated carbocycles. The highest BCUT2D eigenvalue weighted by Crippen LogP contribution is 2.29. The molecule has 0 aliphatic rings. The van der Waals surface area contributed by atoms with E-state index in [9.17, 15) is 0 Å². The van der Waals surface area contributed by atoms with Crippen LogP contribution in [0.2, 0.25) is 0 Å². The van der Waals surface area contributed by atoms with Crippen molar-refractivity contribution in [3.63, 3.8) is 0 Å². The largest absolute Gasteiger partial charge is 0.397 e. The molecule has 2 aromatic carbocycles. The minimum absolute atomic E-state index is 0.824. The summed E-state index contributed by atoms with van der Waals surface area (Å²) in [6.07, 6.45) is 0. The van der Waals surface area contributed by atoms with E-state index in [-0.39, 0.29) is 0 Å². The van der Waals surface area contributed by atoms with E-state index < -0.39 is 0 Å². The molecular weight excluding hydrogens is 252 g/mol. The summed E-state index contributed by atoms with van der Waals surface area (Å²) in [6.45, 7) is 0.873. The average Bonchev–Trinajstić information content (AvgIpc) is 2.83. The first-order valence-corrected chi connectivity index (χ1v) is 7.14. The number of nitrogens with zero attached hydrogens (tertiary/aromatic N) is 1. The zero-order valence-electron chi connectivity index (χ0n) is 10.8. The Balaban J connectivity index is 1.91. The Morgan fingerprint density at radius 2 is 1.79 bits per heavy atom. The van der Waals surface area contributed by atoms with Crippen LogP contribution >= 0.6 is 11.3 Å². The number of nitrogens with two attached hydrogens (primary N) is 1. The molecule has 3 heteroatoms. The van der Waals surface area contributed by atoms with Gasteiger partial charge in [-0.3, -0.25) is 0 Å². The van der Waals surface area contributed by atoms with Gasteiger partial charge in [0.05, 0.1) is 11.4 Å². The molecule has 0 aliphatic carbocycles. The van der Waals surface area contributed by atoms with Crippen molar-refractivity contribution in [3.05, 3.63) is 59.5 Å². The number of hydrogen-bond acceptors (Lipinski definition) is 3. The van der Waals surface area contributed by atoms with Gasteiger partial charge in [-0.2, -0.15) is 0 Å². The first-order chi connectivity index (χ1) is 9.25. The molecule has 0 aliphatic heterocycles. The standard InChI is InChI=1S/C16H16N2S/c1-18(15-8-4-3-7-14(15)17)10-12-11-19-16-9-5-2-6-13(12)16/h2-9,11H,10,17H2,1H3. The summed E-state index contributed by atoms with van der Waals surface area (Å²) in [7, 11) is 2.08. The molecule has 0 unspecified atom stereocenters. The van der Waals surface area contributed by atoms with Crippen molar-refractivity contribution in [2.24, 2.45) is 0 Å². The topological polar surface area (TPSA) is 29.3 Å². The highest BCUT2D eigenvalue weighted by atomic mass is 32.1. The van der Waals surface area contributed by atoms with Gasteiger partial charge in [0.25, 0.3) is 0 Å². The molecule has 0 amide bonds. The highest BCUT2D eigenvalue weighted by molar-refractivity contribution is 7.17. The van der Waals surface area contributed by atoms with Crippen molar-refractivity contribution in [1.82, 2.24) is 0 Å². The lowest BCUT2D eigenvalue weighted by molar-refractivity contribution is 0.935. The van der Waals surface area contributed by atoms with E-state index in [1.54, 1.807) is 11.3 Å². The molecule has 3 aromatic rings. The Hall–Kier alpha value is -2.00. The van der Waals surface area contributed by atoms with Gasteiger partial charge in [0.2, 0.25) is 0 Å². The van der Waals surface area contributed by atoms with Crippen LogP contribution in [0.25, 0.3) is 10.1 Å². The molecule has 19 heavy (non-hydrogen) atoms. The third kappa shape index (κ3) is 2.29. The fraction of sp³-hybridized carbons (Fsp3) is 0.125. The van der Waals surface area contributed by atoms with Crippen molar-refractivity contribution < 1.29 is 0 Å². The number of anilines is 2. The molecule has 0 atom stereocenters. The van der Waals surface area contributed by atoms with E-state index in [1.165, 1.54) is 15.6 Å². The normalized spacial score (nSPS) is 10.8. The van der Waals surface area contributed by atoms with Gasteiger partial charge in [0.15, 0.2) is 0 Å². The van der Waals surface area contributed by atoms with Gasteiger partial charge in [0, 0.05) is 18.3 Å². The molecule has 0 spiro atoms. The predicted molar refractivity (Wildman–Crippen MR) is 84.8 cm³/mol. The van der Waals surface area contributed by atoms with Crippen LogP contribution in [0.5, 0.6) is 0 Å². The van der Waals surface area contributed by atoms with Crippen LogP contribution in [-0.4, -0.2) is 7.05 Å². The zero-order chi connectivity index (χ0) is 13.2. The van der Waals surface area contributed by atoms with Crippen LogP contribution in [0.15, 0.2) is 53.9 Å². The number of rotatable bonds is 3. The molecule has 2 N–H and O–H groups in total. The van der Waals surface area contributed by atoms with Gasteiger partial charge in [-0.15, -0.1) is 11.3 Å². The summed E-state index contributed by atoms with van der Waals surface area (Å²) in [6, 6.07) is 16.5. The monoisotopic (exact) mass is 268 g/mol. The molecule has 96 valence electrons. The summed E-state index contributed by atoms with van der Waals surface area (Å²) < 4.78 is 1.34. The Kier molecular flexibility index (Phi) is 3.13. The van der Waals surface area contributed by atoms with Gasteiger partial charge in [0.1, 0.15) is 0 Å². The average molecular weight is 268 g/mol. The minimum Gasteiger partial charge on any atom is -0.397 e. The van der Waals surface area contributed by atoms with Gasteiger partial charge < -0.3 is 10.6 Å². The number of thiophene rings is 1. The van der Waals surface area contributed by atoms with Crippen LogP contribution < -0.4 is 10.6 Å². The van der Waals surface area contributed by atoms with Crippen molar-refractivity contribution in [3.8, 4) is 0 Å². The lowest BCUT2D eigenvalue weighted by atomic mass is 10.1. The summed E-state index contributed by atoms with van der Waals surface area (Å²) in [5.41, 5.74) is 9.28. The van der Waals surface area contributed by atoms with Gasteiger partial charge in [-0.05, 0) is 34.5 Å². The third-order valence-electron chi connectivity index (χ3n) is 3.32. The summed E-state index contributed by atoms with van der Waals surface area (Å²) in [4.78, 5) is 2.20. The molecule has 0 bridgehead atoms. The smallest absolute Gasteiger partial charge is 0.0600 e. The lowest BCUT2D eigenvalue weighted by Gasteiger charge is -2.20. The molecule has 0 saturated heterocycles. The molecule has 2 nitrogen and oxygen atoms in total. The molecular formula is C16H16N2S. The molecule has 0 fully saturated rings. The fourth-order valence-electron chi connectivity index (χ4n) is 2.33. The van der Waals surface area contributed by atoms with Crippen molar-refractivity contribution in [1.29, 1.82) is 0 Å². The van der Waals surface area contributed by atoms with Crippen molar-refractivity contribution in [2.45, 2.75) is 6.54 Å². The molecule has 0 radical (unpaired) electrons. The second kappa shape index (κ2) is 4.94. The van der Waals surface area contributed by atoms with E-state index in [2.05, 4.69) is 47.7 Å². The van der Waals surface area contributed by atoms with Gasteiger partial charge >= 0.3 is 0 Å². The third-order valence-corrected chi connectivity index (χ3v) is 4.33. The number of para-hydroxylation sites is 2. The predicted octanol–water partition coefficient (Wildman–Crippen LogP) is 4.12. The first kappa shape index (κ1) is 12.1. The highest BCUT2D eigenvalue weighted by Gasteiger charge is 2.08. The lowest BCUT2D eigenvalue weighted by Crippen LogP contribution is -2.17. The Morgan fingerprint density at radius 1 is 1.05 bits per heavy atom. The van der Waals surface area contributed by atoms with Crippen molar-refractivity contribution in [2.75, 3.05) is 17.7 Å². The molecule has 1 aromatic heterocycles. The summed E-state index contributed by atoms with van der Waals surface area (Å²) in [5.74, 6) is 0. The van der Waals surface area contributed by atoms with E-state index in [0.717, 1.165) is 17.9 Å². The maximum absolute atomic E-state index is 6.02. The van der Waals surface area contributed by atoms with Crippen molar-refractivity contribution >= 4 is 32.8 Å². The van der Waals surface area contributed by atoms with Crippen LogP contribution in [-0.2, 0) is 6.54 Å². The summed E-state index contributed by atoms with van der Waals surface area (Å²) >= 11 is 1.80. The number of benzene rings is 2. The number of fused-ring (bicyclic) bond motifs is 1. The van der Waals surface area contributed by atoms with E-state index in [1.807, 2.05) is 18.2 Å². The number of hydrogen-bond donors (Lipinski definition) is 1. The Labute approximate surface area is 117 Å². The zero-order valence-corrected chi connectivity index (χ0v) is 11.7. The first-order valence-electron chi connectivity index (χ1n) is 6.26. The van der Waals surface area contributed by atoms with E-state index in [4.69, 9.17) is 5.73 Å². The molecule has 3 rings (SSSR count). The summed E-state index contributed by atoms with van der Waals surface area (Å²) in [5, 5.41) is 3.58. The second-order valence-corrected chi connectivity index (χ2v) is 5.58. The van der Waals surface area contributed by atoms with Crippen LogP contribution in [0.1, 0.15) is 5.56 Å². The van der Waals surface area contributed by atoms with Gasteiger partial charge in [-0.25, -0.2) is 0 Å². The van der Waals surface area contributed by atoms with E-state index in [0.29, 0.717) is 0 Å². The maximum atomic E-state index is 6.02. The molecule has 1 heterocycles. The van der Waals surface area contributed by atoms with Crippen LogP contribution in [0, 0.1) is 0 Å². The maximum Gasteiger partial charge on any atom is 0.0600 e.